The Bertz CT molecular complexity index is 347. The van der Waals surface area contributed by atoms with Gasteiger partial charge < -0.3 is 4.74 Å². The van der Waals surface area contributed by atoms with Crippen LogP contribution in [0.2, 0.25) is 0 Å². The minimum absolute atomic E-state index is 0.0385. The van der Waals surface area contributed by atoms with E-state index in [0.717, 1.165) is 12.8 Å². The van der Waals surface area contributed by atoms with E-state index in [-0.39, 0.29) is 11.3 Å². The molecular weight excluding hydrogens is 195 g/mol. The van der Waals surface area contributed by atoms with E-state index < -0.39 is 5.82 Å². The monoisotopic (exact) mass is 208 g/mol. The van der Waals surface area contributed by atoms with Crippen LogP contribution in [0.4, 0.5) is 4.39 Å². The molecule has 1 rings (SSSR count). The number of carbonyl (C=O) groups excluding carboxylic acids is 1. The molecule has 0 heterocycles. The number of hydrogen-bond acceptors (Lipinski definition) is 2. The summed E-state index contributed by atoms with van der Waals surface area (Å²) < 4.78 is 18.4. The van der Waals surface area contributed by atoms with Gasteiger partial charge >= 0.3 is 0 Å². The van der Waals surface area contributed by atoms with Crippen molar-refractivity contribution in [2.24, 2.45) is 0 Å². The summed E-state index contributed by atoms with van der Waals surface area (Å²) >= 11 is 0. The zero-order valence-electron chi connectivity index (χ0n) is 8.41. The van der Waals surface area contributed by atoms with Gasteiger partial charge in [0.25, 0.3) is 0 Å². The molecule has 0 bridgehead atoms. The third-order valence-corrected chi connectivity index (χ3v) is 1.92. The van der Waals surface area contributed by atoms with Gasteiger partial charge in [-0.05, 0) is 25.0 Å². The lowest BCUT2D eigenvalue weighted by Gasteiger charge is -2.08. The lowest BCUT2D eigenvalue weighted by atomic mass is 10.2. The second-order valence-electron chi connectivity index (χ2n) is 3.06. The number of unbranched alkanes of at least 4 members (excludes halogenated alkanes) is 1. The molecule has 0 saturated heterocycles. The molecule has 3 heteroatoms. The van der Waals surface area contributed by atoms with E-state index in [0.29, 0.717) is 12.9 Å². The fourth-order valence-corrected chi connectivity index (χ4v) is 1.17. The molecule has 0 aromatic heterocycles. The number of para-hydroxylation sites is 1. The fraction of sp³-hybridized carbons (Fsp3) is 0.250. The lowest BCUT2D eigenvalue weighted by Crippen LogP contribution is -2.01. The molecule has 0 fully saturated rings. The fourth-order valence-electron chi connectivity index (χ4n) is 1.17. The number of halogens is 1. The van der Waals surface area contributed by atoms with Gasteiger partial charge in [0.1, 0.15) is 0 Å². The molecule has 1 aromatic carbocycles. The van der Waals surface area contributed by atoms with Crippen molar-refractivity contribution in [2.75, 3.05) is 6.61 Å². The molecule has 0 atom stereocenters. The summed E-state index contributed by atoms with van der Waals surface area (Å²) in [6, 6.07) is 4.28. The molecule has 1 aromatic rings. The van der Waals surface area contributed by atoms with Gasteiger partial charge in [-0.1, -0.05) is 12.1 Å². The number of hydrogen-bond donors (Lipinski definition) is 0. The van der Waals surface area contributed by atoms with Gasteiger partial charge in [0.05, 0.1) is 12.2 Å². The maximum absolute atomic E-state index is 13.2. The first-order valence-electron chi connectivity index (χ1n) is 4.77. The lowest BCUT2D eigenvalue weighted by molar-refractivity contribution is 0.111. The summed E-state index contributed by atoms with van der Waals surface area (Å²) in [5, 5.41) is 0. The van der Waals surface area contributed by atoms with Crippen molar-refractivity contribution in [3.63, 3.8) is 0 Å². The number of carbonyl (C=O) groups is 1. The topological polar surface area (TPSA) is 26.3 Å². The van der Waals surface area contributed by atoms with Crippen LogP contribution in [0.25, 0.3) is 0 Å². The van der Waals surface area contributed by atoms with Crippen molar-refractivity contribution >= 4 is 6.29 Å². The van der Waals surface area contributed by atoms with Crippen LogP contribution in [0.1, 0.15) is 23.2 Å². The van der Waals surface area contributed by atoms with Crippen LogP contribution in [0, 0.1) is 5.82 Å². The Morgan fingerprint density at radius 1 is 1.47 bits per heavy atom. The summed E-state index contributed by atoms with van der Waals surface area (Å²) in [5.41, 5.74) is 0.244. The molecule has 2 nitrogen and oxygen atoms in total. The molecular formula is C12H13FO2. The van der Waals surface area contributed by atoms with Gasteiger partial charge in [0, 0.05) is 0 Å². The van der Waals surface area contributed by atoms with Crippen molar-refractivity contribution in [2.45, 2.75) is 12.8 Å². The minimum Gasteiger partial charge on any atom is -0.490 e. The Kier molecular flexibility index (Phi) is 4.54. The number of rotatable bonds is 6. The minimum atomic E-state index is -0.502. The number of benzene rings is 1. The number of allylic oxidation sites excluding steroid dienone is 1. The smallest absolute Gasteiger partial charge is 0.165 e. The second kappa shape index (κ2) is 5.96. The summed E-state index contributed by atoms with van der Waals surface area (Å²) in [5.74, 6) is -0.463. The SMILES string of the molecule is C=CCCCOc1c(F)cccc1C=O. The van der Waals surface area contributed by atoms with Crippen LogP contribution in [0.3, 0.4) is 0 Å². The highest BCUT2D eigenvalue weighted by molar-refractivity contribution is 5.79. The van der Waals surface area contributed by atoms with Gasteiger partial charge in [0.15, 0.2) is 17.9 Å². The van der Waals surface area contributed by atoms with Crippen LogP contribution in [-0.2, 0) is 0 Å². The average Bonchev–Trinajstić information content (AvgIpc) is 2.26. The summed E-state index contributed by atoms with van der Waals surface area (Å²) in [6.07, 6.45) is 3.93. The Balaban J connectivity index is 2.65. The van der Waals surface area contributed by atoms with Gasteiger partial charge in [-0.2, -0.15) is 0 Å². The third-order valence-electron chi connectivity index (χ3n) is 1.92. The zero-order chi connectivity index (χ0) is 11.1. The molecule has 0 unspecified atom stereocenters. The highest BCUT2D eigenvalue weighted by atomic mass is 19.1. The number of aldehydes is 1. The first-order chi connectivity index (χ1) is 7.29. The Morgan fingerprint density at radius 3 is 2.93 bits per heavy atom. The highest BCUT2D eigenvalue weighted by Crippen LogP contribution is 2.21. The first-order valence-corrected chi connectivity index (χ1v) is 4.77. The molecule has 0 saturated carbocycles. The average molecular weight is 208 g/mol. The van der Waals surface area contributed by atoms with Crippen LogP contribution in [-0.4, -0.2) is 12.9 Å². The van der Waals surface area contributed by atoms with Crippen molar-refractivity contribution in [1.29, 1.82) is 0 Å². The normalized spacial score (nSPS) is 9.67. The van der Waals surface area contributed by atoms with Crippen LogP contribution in [0.15, 0.2) is 30.9 Å². The molecule has 0 spiro atoms. The van der Waals surface area contributed by atoms with Crippen LogP contribution < -0.4 is 4.74 Å². The standard InChI is InChI=1S/C12H13FO2/c1-2-3-4-8-15-12-10(9-14)6-5-7-11(12)13/h2,5-7,9H,1,3-4,8H2. The maximum atomic E-state index is 13.2. The molecule has 0 aliphatic heterocycles. The Morgan fingerprint density at radius 2 is 2.27 bits per heavy atom. The first kappa shape index (κ1) is 11.4. The summed E-state index contributed by atoms with van der Waals surface area (Å²) in [7, 11) is 0. The van der Waals surface area contributed by atoms with E-state index in [1.165, 1.54) is 18.2 Å². The third kappa shape index (κ3) is 3.20. The van der Waals surface area contributed by atoms with Gasteiger partial charge in [-0.3, -0.25) is 4.79 Å². The van der Waals surface area contributed by atoms with Crippen LogP contribution >= 0.6 is 0 Å². The van der Waals surface area contributed by atoms with Crippen molar-refractivity contribution in [1.82, 2.24) is 0 Å². The van der Waals surface area contributed by atoms with Crippen molar-refractivity contribution in [3.05, 3.63) is 42.2 Å². The Labute approximate surface area is 88.4 Å². The zero-order valence-corrected chi connectivity index (χ0v) is 8.41. The second-order valence-corrected chi connectivity index (χ2v) is 3.06. The molecule has 80 valence electrons. The van der Waals surface area contributed by atoms with E-state index >= 15 is 0 Å². The predicted molar refractivity (Wildman–Crippen MR) is 56.7 cm³/mol. The van der Waals surface area contributed by atoms with Gasteiger partial charge in [-0.25, -0.2) is 4.39 Å². The predicted octanol–water partition coefficient (Wildman–Crippen LogP) is 2.98. The van der Waals surface area contributed by atoms with Crippen molar-refractivity contribution in [3.8, 4) is 5.75 Å². The van der Waals surface area contributed by atoms with E-state index in [2.05, 4.69) is 6.58 Å². The van der Waals surface area contributed by atoms with Crippen LogP contribution in [0.5, 0.6) is 5.75 Å². The largest absolute Gasteiger partial charge is 0.490 e. The van der Waals surface area contributed by atoms with E-state index in [1.54, 1.807) is 6.08 Å². The molecule has 0 aliphatic carbocycles. The molecule has 0 radical (unpaired) electrons. The van der Waals surface area contributed by atoms with E-state index in [4.69, 9.17) is 4.74 Å². The van der Waals surface area contributed by atoms with Gasteiger partial charge in [0.2, 0.25) is 0 Å². The molecule has 0 aliphatic rings. The van der Waals surface area contributed by atoms with E-state index in [1.807, 2.05) is 0 Å². The summed E-state index contributed by atoms with van der Waals surface area (Å²) in [6.45, 7) is 3.95. The highest BCUT2D eigenvalue weighted by Gasteiger charge is 2.08. The van der Waals surface area contributed by atoms with Gasteiger partial charge in [-0.15, -0.1) is 6.58 Å². The summed E-state index contributed by atoms with van der Waals surface area (Å²) in [4.78, 5) is 10.6. The number of ether oxygens (including phenoxy) is 1. The molecule has 0 amide bonds. The maximum Gasteiger partial charge on any atom is 0.165 e. The molecule has 15 heavy (non-hydrogen) atoms. The van der Waals surface area contributed by atoms with Crippen molar-refractivity contribution < 1.29 is 13.9 Å². The quantitative estimate of drug-likeness (QED) is 0.408. The Hall–Kier alpha value is -1.64. The molecule has 0 N–H and O–H groups in total. The van der Waals surface area contributed by atoms with E-state index in [9.17, 15) is 9.18 Å².